The van der Waals surface area contributed by atoms with Gasteiger partial charge in [-0.3, -0.25) is 10.1 Å². The first-order valence-electron chi connectivity index (χ1n) is 10.0. The van der Waals surface area contributed by atoms with Gasteiger partial charge in [0.15, 0.2) is 0 Å². The highest BCUT2D eigenvalue weighted by atomic mass is 16.6. The summed E-state index contributed by atoms with van der Waals surface area (Å²) in [6.07, 6.45) is 2.95. The predicted octanol–water partition coefficient (Wildman–Crippen LogP) is 3.30. The Bertz CT molecular complexity index is 854. The molecule has 1 aliphatic heterocycles. The first-order valence-corrected chi connectivity index (χ1v) is 10.0. The van der Waals surface area contributed by atoms with E-state index in [9.17, 15) is 20.0 Å². The van der Waals surface area contributed by atoms with Gasteiger partial charge in [-0.15, -0.1) is 0 Å². The first kappa shape index (κ1) is 21.8. The lowest BCUT2D eigenvalue weighted by Crippen LogP contribution is -2.55. The van der Waals surface area contributed by atoms with Crippen molar-refractivity contribution >= 4 is 11.8 Å². The molecule has 9 heteroatoms. The summed E-state index contributed by atoms with van der Waals surface area (Å²) < 4.78 is 11.0. The zero-order chi connectivity index (χ0) is 21.7. The summed E-state index contributed by atoms with van der Waals surface area (Å²) in [5, 5.41) is 21.0. The number of likely N-dealkylation sites (tertiary alicyclic amines) is 1. The monoisotopic (exact) mass is 417 g/mol. The van der Waals surface area contributed by atoms with Crippen molar-refractivity contribution in [2.45, 2.75) is 56.9 Å². The number of benzene rings is 1. The molecule has 2 heterocycles. The van der Waals surface area contributed by atoms with E-state index in [1.807, 2.05) is 0 Å². The summed E-state index contributed by atoms with van der Waals surface area (Å²) in [5.41, 5.74) is 6.43. The minimum absolute atomic E-state index is 0.0323. The number of nitro benzene ring substituents is 1. The van der Waals surface area contributed by atoms with Gasteiger partial charge in [-0.2, -0.15) is 0 Å². The number of non-ortho nitro benzene ring substituents is 1. The smallest absolute Gasteiger partial charge is 0.410 e. The van der Waals surface area contributed by atoms with Gasteiger partial charge in [0, 0.05) is 12.1 Å². The van der Waals surface area contributed by atoms with E-state index < -0.39 is 28.7 Å². The number of aliphatic hydroxyl groups excluding tert-OH is 1. The van der Waals surface area contributed by atoms with Gasteiger partial charge >= 0.3 is 6.09 Å². The Morgan fingerprint density at radius 3 is 2.73 bits per heavy atom. The third kappa shape index (κ3) is 4.63. The molecule has 1 unspecified atom stereocenters. The van der Waals surface area contributed by atoms with E-state index in [0.29, 0.717) is 24.2 Å². The summed E-state index contributed by atoms with van der Waals surface area (Å²) in [7, 11) is 0. The molecule has 2 aromatic rings. The Balaban J connectivity index is 1.74. The van der Waals surface area contributed by atoms with Crippen LogP contribution in [0.4, 0.5) is 10.5 Å². The largest absolute Gasteiger partial charge is 0.467 e. The summed E-state index contributed by atoms with van der Waals surface area (Å²) in [5.74, 6) is 0.572. The Morgan fingerprint density at radius 2 is 2.13 bits per heavy atom. The van der Waals surface area contributed by atoms with Gasteiger partial charge in [0.25, 0.3) is 5.69 Å². The van der Waals surface area contributed by atoms with Crippen molar-refractivity contribution in [2.24, 2.45) is 5.73 Å². The van der Waals surface area contributed by atoms with Gasteiger partial charge in [0.05, 0.1) is 35.4 Å². The second-order valence-electron chi connectivity index (χ2n) is 7.66. The van der Waals surface area contributed by atoms with Crippen LogP contribution in [0.3, 0.4) is 0 Å². The number of aliphatic hydroxyl groups is 1. The molecule has 0 spiro atoms. The molecular formula is C21H27N3O6. The molecule has 0 radical (unpaired) electrons. The van der Waals surface area contributed by atoms with Crippen LogP contribution >= 0.6 is 0 Å². The minimum Gasteiger partial charge on any atom is -0.467 e. The van der Waals surface area contributed by atoms with Gasteiger partial charge in [-0.25, -0.2) is 4.79 Å². The number of carbonyl (C=O) groups excluding carboxylic acids is 1. The summed E-state index contributed by atoms with van der Waals surface area (Å²) in [4.78, 5) is 24.6. The molecule has 0 bridgehead atoms. The number of unbranched alkanes of at least 4 members (excludes halogenated alkanes) is 1. The lowest BCUT2D eigenvalue weighted by molar-refractivity contribution is -0.384. The van der Waals surface area contributed by atoms with E-state index >= 15 is 0 Å². The highest BCUT2D eigenvalue weighted by Gasteiger charge is 2.49. The van der Waals surface area contributed by atoms with Crippen molar-refractivity contribution in [3.8, 4) is 0 Å². The fourth-order valence-electron chi connectivity index (χ4n) is 3.91. The summed E-state index contributed by atoms with van der Waals surface area (Å²) >= 11 is 0. The Hall–Kier alpha value is -2.91. The Labute approximate surface area is 174 Å². The van der Waals surface area contributed by atoms with Gasteiger partial charge in [0.1, 0.15) is 12.4 Å². The molecule has 1 aromatic carbocycles. The summed E-state index contributed by atoms with van der Waals surface area (Å²) in [6, 6.07) is 8.87. The van der Waals surface area contributed by atoms with Crippen LogP contribution in [0.25, 0.3) is 0 Å². The molecule has 1 amide bonds. The fraction of sp³-hybridized carbons (Fsp3) is 0.476. The number of rotatable bonds is 8. The third-order valence-corrected chi connectivity index (χ3v) is 5.54. The maximum Gasteiger partial charge on any atom is 0.410 e. The minimum atomic E-state index is -0.941. The summed E-state index contributed by atoms with van der Waals surface area (Å²) in [6.45, 7) is 2.14. The maximum absolute atomic E-state index is 12.8. The standard InChI is InChI=1S/C21H27N3O6/c1-2-3-10-21(22,19-5-4-11-29-19)18-12-17(25)13-23(18)20(26)30-14-15-6-8-16(9-7-15)24(27)28/h4-9,11,17-18,25H,2-3,10,12-14,22H2,1H3/t17-,18+,21?/m1/s1. The van der Waals surface area contributed by atoms with Crippen molar-refractivity contribution in [1.29, 1.82) is 0 Å². The molecule has 162 valence electrons. The van der Waals surface area contributed by atoms with Crippen LogP contribution in [0.1, 0.15) is 43.9 Å². The molecule has 3 N–H and O–H groups in total. The van der Waals surface area contributed by atoms with Crippen LogP contribution in [0.15, 0.2) is 47.1 Å². The van der Waals surface area contributed by atoms with E-state index in [1.54, 1.807) is 30.5 Å². The van der Waals surface area contributed by atoms with Crippen LogP contribution in [-0.4, -0.2) is 39.7 Å². The number of nitrogens with two attached hydrogens (primary N) is 1. The number of furan rings is 1. The molecule has 0 aliphatic carbocycles. The van der Waals surface area contributed by atoms with E-state index in [1.165, 1.54) is 17.0 Å². The van der Waals surface area contributed by atoms with Gasteiger partial charge in [0.2, 0.25) is 0 Å². The van der Waals surface area contributed by atoms with Crippen molar-refractivity contribution < 1.29 is 24.0 Å². The zero-order valence-electron chi connectivity index (χ0n) is 16.9. The first-order chi connectivity index (χ1) is 14.3. The number of hydrogen-bond acceptors (Lipinski definition) is 7. The molecule has 1 aromatic heterocycles. The quantitative estimate of drug-likeness (QED) is 0.497. The van der Waals surface area contributed by atoms with E-state index in [4.69, 9.17) is 14.9 Å². The molecule has 1 saturated heterocycles. The second-order valence-corrected chi connectivity index (χ2v) is 7.66. The van der Waals surface area contributed by atoms with Crippen LogP contribution in [0, 0.1) is 10.1 Å². The number of ether oxygens (including phenoxy) is 1. The SMILES string of the molecule is CCCCC(N)(c1ccco1)[C@@H]1C[C@@H](O)CN1C(=O)OCc1ccc([N+](=O)[O-])cc1. The molecule has 3 rings (SSSR count). The number of hydrogen-bond donors (Lipinski definition) is 2. The van der Waals surface area contributed by atoms with Gasteiger partial charge in [-0.05, 0) is 42.7 Å². The Kier molecular flexibility index (Phi) is 6.73. The van der Waals surface area contributed by atoms with Gasteiger partial charge < -0.3 is 24.9 Å². The second kappa shape index (κ2) is 9.27. The average molecular weight is 417 g/mol. The highest BCUT2D eigenvalue weighted by molar-refractivity contribution is 5.69. The number of amides is 1. The topological polar surface area (TPSA) is 132 Å². The van der Waals surface area contributed by atoms with Crippen molar-refractivity contribution in [1.82, 2.24) is 4.90 Å². The van der Waals surface area contributed by atoms with Crippen LogP contribution in [-0.2, 0) is 16.9 Å². The number of β-amino-alcohol motifs (C(OH)–C–C–N with tert-alkyl or cyclic N) is 1. The number of carbonyl (C=O) groups is 1. The zero-order valence-corrected chi connectivity index (χ0v) is 16.9. The normalized spacial score (nSPS) is 20.7. The Morgan fingerprint density at radius 1 is 1.40 bits per heavy atom. The predicted molar refractivity (Wildman–Crippen MR) is 108 cm³/mol. The number of nitro groups is 1. The highest BCUT2D eigenvalue weighted by Crippen LogP contribution is 2.37. The van der Waals surface area contributed by atoms with Crippen molar-refractivity contribution in [3.63, 3.8) is 0 Å². The average Bonchev–Trinajstić information content (AvgIpc) is 3.41. The maximum atomic E-state index is 12.8. The molecule has 3 atom stereocenters. The van der Waals surface area contributed by atoms with Crippen LogP contribution in [0.5, 0.6) is 0 Å². The third-order valence-electron chi connectivity index (χ3n) is 5.54. The fourth-order valence-corrected chi connectivity index (χ4v) is 3.91. The van der Waals surface area contributed by atoms with Crippen LogP contribution < -0.4 is 5.73 Å². The molecule has 1 aliphatic rings. The lowest BCUT2D eigenvalue weighted by Gasteiger charge is -2.38. The van der Waals surface area contributed by atoms with E-state index in [-0.39, 0.29) is 18.8 Å². The lowest BCUT2D eigenvalue weighted by atomic mass is 9.82. The molecule has 9 nitrogen and oxygen atoms in total. The molecule has 30 heavy (non-hydrogen) atoms. The molecule has 0 saturated carbocycles. The molecule has 1 fully saturated rings. The van der Waals surface area contributed by atoms with Crippen molar-refractivity contribution in [3.05, 3.63) is 64.1 Å². The van der Waals surface area contributed by atoms with Crippen LogP contribution in [0.2, 0.25) is 0 Å². The van der Waals surface area contributed by atoms with E-state index in [0.717, 1.165) is 12.8 Å². The molecular weight excluding hydrogens is 390 g/mol. The van der Waals surface area contributed by atoms with E-state index in [2.05, 4.69) is 6.92 Å². The van der Waals surface area contributed by atoms with Crippen molar-refractivity contribution in [2.75, 3.05) is 6.54 Å². The number of nitrogens with zero attached hydrogens (tertiary/aromatic N) is 2. The van der Waals surface area contributed by atoms with Gasteiger partial charge in [-0.1, -0.05) is 19.8 Å².